The number of amides is 1. The largest absolute Gasteiger partial charge is 0.472 e. The van der Waals surface area contributed by atoms with E-state index in [4.69, 9.17) is 9.05 Å². The maximum Gasteiger partial charge on any atom is 0.472 e. The van der Waals surface area contributed by atoms with Crippen LogP contribution in [0.1, 0.15) is 206 Å². The van der Waals surface area contributed by atoms with E-state index in [1.54, 1.807) is 6.08 Å². The van der Waals surface area contributed by atoms with Gasteiger partial charge in [-0.1, -0.05) is 192 Å². The second-order valence-electron chi connectivity index (χ2n) is 17.1. The first-order valence-corrected chi connectivity index (χ1v) is 24.9. The molecule has 8 nitrogen and oxygen atoms in total. The van der Waals surface area contributed by atoms with E-state index in [1.165, 1.54) is 128 Å². The second-order valence-corrected chi connectivity index (χ2v) is 18.6. The Morgan fingerprint density at radius 3 is 1.43 bits per heavy atom. The maximum absolute atomic E-state index is 12.6. The molecule has 0 aliphatic carbocycles. The van der Waals surface area contributed by atoms with Gasteiger partial charge >= 0.3 is 7.82 Å². The van der Waals surface area contributed by atoms with Crippen LogP contribution in [0.2, 0.25) is 0 Å². The number of nitrogens with one attached hydrogen (secondary N) is 1. The minimum atomic E-state index is -4.33. The first-order chi connectivity index (χ1) is 27.0. The highest BCUT2D eigenvalue weighted by atomic mass is 31.2. The number of rotatable bonds is 42. The number of hydrogen-bond donors (Lipinski definition) is 3. The molecule has 0 saturated carbocycles. The molecular formula is C47H92N2O6P+. The molecule has 56 heavy (non-hydrogen) atoms. The minimum Gasteiger partial charge on any atom is -0.387 e. The molecule has 3 unspecified atom stereocenters. The normalized spacial score (nSPS) is 14.6. The Bertz CT molecular complexity index is 1010. The fourth-order valence-corrected chi connectivity index (χ4v) is 7.34. The van der Waals surface area contributed by atoms with Gasteiger partial charge < -0.3 is 19.8 Å². The summed E-state index contributed by atoms with van der Waals surface area (Å²) in [5, 5.41) is 13.7. The van der Waals surface area contributed by atoms with Crippen LogP contribution < -0.4 is 5.32 Å². The molecule has 0 aromatic rings. The molecule has 0 radical (unpaired) electrons. The zero-order chi connectivity index (χ0) is 41.4. The molecule has 0 rings (SSSR count). The van der Waals surface area contributed by atoms with Gasteiger partial charge in [-0.25, -0.2) is 4.57 Å². The molecule has 0 aromatic carbocycles. The van der Waals surface area contributed by atoms with Gasteiger partial charge in [-0.15, -0.1) is 0 Å². The third-order valence-corrected chi connectivity index (χ3v) is 11.3. The topological polar surface area (TPSA) is 105 Å². The smallest absolute Gasteiger partial charge is 0.387 e. The summed E-state index contributed by atoms with van der Waals surface area (Å²) in [4.78, 5) is 22.8. The van der Waals surface area contributed by atoms with Gasteiger partial charge in [0.25, 0.3) is 0 Å². The fourth-order valence-electron chi connectivity index (χ4n) is 6.60. The van der Waals surface area contributed by atoms with Crippen molar-refractivity contribution in [3.8, 4) is 0 Å². The van der Waals surface area contributed by atoms with Gasteiger partial charge in [0.05, 0.1) is 39.9 Å². The van der Waals surface area contributed by atoms with Gasteiger partial charge in [-0.2, -0.15) is 0 Å². The summed E-state index contributed by atoms with van der Waals surface area (Å²) in [5.74, 6) is -0.205. The van der Waals surface area contributed by atoms with Crippen LogP contribution in [0.4, 0.5) is 0 Å². The van der Waals surface area contributed by atoms with Gasteiger partial charge in [0.1, 0.15) is 13.2 Å². The lowest BCUT2D eigenvalue weighted by Gasteiger charge is -2.25. The van der Waals surface area contributed by atoms with Crippen LogP contribution in [0.15, 0.2) is 36.5 Å². The summed E-state index contributed by atoms with van der Waals surface area (Å²) < 4.78 is 23.4. The van der Waals surface area contributed by atoms with Crippen molar-refractivity contribution in [2.75, 3.05) is 40.9 Å². The van der Waals surface area contributed by atoms with Crippen LogP contribution in [0.5, 0.6) is 0 Å². The molecular weight excluding hydrogens is 719 g/mol. The van der Waals surface area contributed by atoms with Crippen molar-refractivity contribution < 1.29 is 32.9 Å². The molecule has 0 fully saturated rings. The SMILES string of the molecule is CCCCCCCCCCCCCCCCCCCCC/C=C/CC/C=C/CC/C=C/C(O)C(COP(=O)(O)OCC[N+](C)(C)C)NC(=O)CCCCCCC. The van der Waals surface area contributed by atoms with Crippen LogP contribution in [0.3, 0.4) is 0 Å². The molecule has 0 heterocycles. The van der Waals surface area contributed by atoms with Crippen molar-refractivity contribution >= 4 is 13.7 Å². The average Bonchev–Trinajstić information content (AvgIpc) is 3.15. The Morgan fingerprint density at radius 1 is 0.589 bits per heavy atom. The van der Waals surface area contributed by atoms with E-state index in [0.717, 1.165) is 57.8 Å². The number of hydrogen-bond acceptors (Lipinski definition) is 5. The van der Waals surface area contributed by atoms with Gasteiger partial charge in [-0.05, 0) is 44.9 Å². The predicted molar refractivity (Wildman–Crippen MR) is 240 cm³/mol. The minimum absolute atomic E-state index is 0.0535. The quantitative estimate of drug-likeness (QED) is 0.0245. The standard InChI is InChI=1S/C47H91N2O6P/c1-6-8-10-12-13-14-15-16-17-18-19-20-21-22-23-24-25-26-27-28-29-30-31-32-33-34-35-37-38-40-46(50)45(48-47(51)41-39-36-11-9-7-2)44-55-56(52,53)54-43-42-49(3,4)5/h29-30,33-34,38,40,45-46,50H,6-28,31-32,35-37,39,41-44H2,1-5H3,(H-,48,51,52,53)/p+1/b30-29+,34-33+,40-38+. The molecule has 1 amide bonds. The Morgan fingerprint density at radius 2 is 0.982 bits per heavy atom. The van der Waals surface area contributed by atoms with Crippen LogP contribution >= 0.6 is 7.82 Å². The van der Waals surface area contributed by atoms with E-state index in [2.05, 4.69) is 43.5 Å². The van der Waals surface area contributed by atoms with Crippen molar-refractivity contribution in [1.29, 1.82) is 0 Å². The number of likely N-dealkylation sites (N-methyl/N-ethyl adjacent to an activating group) is 1. The third-order valence-electron chi connectivity index (χ3n) is 10.3. The molecule has 0 spiro atoms. The van der Waals surface area contributed by atoms with Crippen molar-refractivity contribution in [2.24, 2.45) is 0 Å². The van der Waals surface area contributed by atoms with Gasteiger partial charge in [0.2, 0.25) is 5.91 Å². The summed E-state index contributed by atoms with van der Waals surface area (Å²) in [6.45, 7) is 4.69. The molecule has 0 saturated heterocycles. The number of carbonyl (C=O) groups excluding carboxylic acids is 1. The Kier molecular flexibility index (Phi) is 38.3. The van der Waals surface area contributed by atoms with E-state index in [0.29, 0.717) is 17.4 Å². The van der Waals surface area contributed by atoms with Crippen LogP contribution in [0.25, 0.3) is 0 Å². The van der Waals surface area contributed by atoms with Gasteiger partial charge in [0, 0.05) is 6.42 Å². The highest BCUT2D eigenvalue weighted by molar-refractivity contribution is 7.47. The number of aliphatic hydroxyl groups is 1. The molecule has 0 bridgehead atoms. The maximum atomic E-state index is 12.6. The number of quaternary nitrogens is 1. The summed E-state index contributed by atoms with van der Waals surface area (Å²) >= 11 is 0. The van der Waals surface area contributed by atoms with Crippen molar-refractivity contribution in [2.45, 2.75) is 219 Å². The molecule has 0 aromatic heterocycles. The van der Waals surface area contributed by atoms with Gasteiger partial charge in [0.15, 0.2) is 0 Å². The number of aliphatic hydroxyl groups excluding tert-OH is 1. The van der Waals surface area contributed by atoms with Crippen LogP contribution in [-0.2, 0) is 18.4 Å². The van der Waals surface area contributed by atoms with E-state index < -0.39 is 20.0 Å². The van der Waals surface area contributed by atoms with E-state index in [9.17, 15) is 19.4 Å². The Labute approximate surface area is 347 Å². The fraction of sp³-hybridized carbons (Fsp3) is 0.851. The summed E-state index contributed by atoms with van der Waals surface area (Å²) in [6, 6.07) is -0.863. The lowest BCUT2D eigenvalue weighted by molar-refractivity contribution is -0.870. The summed E-state index contributed by atoms with van der Waals surface area (Å²) in [5.41, 5.74) is 0. The predicted octanol–water partition coefficient (Wildman–Crippen LogP) is 13.1. The Hall–Kier alpha value is -1.28. The number of unbranched alkanes of at least 4 members (excludes halogenated alkanes) is 25. The molecule has 0 aliphatic heterocycles. The molecule has 3 N–H and O–H groups in total. The number of phosphoric acid groups is 1. The zero-order valence-electron chi connectivity index (χ0n) is 37.4. The first-order valence-electron chi connectivity index (χ1n) is 23.4. The van der Waals surface area contributed by atoms with Crippen LogP contribution in [0, 0.1) is 0 Å². The summed E-state index contributed by atoms with van der Waals surface area (Å²) in [6.07, 6.45) is 48.7. The number of carbonyl (C=O) groups is 1. The lowest BCUT2D eigenvalue weighted by atomic mass is 10.0. The third kappa shape index (κ3) is 40.9. The second kappa shape index (κ2) is 39.2. The first kappa shape index (κ1) is 54.7. The molecule has 3 atom stereocenters. The summed E-state index contributed by atoms with van der Waals surface area (Å²) in [7, 11) is 1.54. The van der Waals surface area contributed by atoms with E-state index >= 15 is 0 Å². The average molecular weight is 812 g/mol. The van der Waals surface area contributed by atoms with Crippen molar-refractivity contribution in [3.63, 3.8) is 0 Å². The van der Waals surface area contributed by atoms with Crippen molar-refractivity contribution in [1.82, 2.24) is 5.32 Å². The lowest BCUT2D eigenvalue weighted by Crippen LogP contribution is -2.45. The van der Waals surface area contributed by atoms with Crippen molar-refractivity contribution in [3.05, 3.63) is 36.5 Å². The molecule has 0 aliphatic rings. The monoisotopic (exact) mass is 812 g/mol. The number of phosphoric ester groups is 1. The highest BCUT2D eigenvalue weighted by Gasteiger charge is 2.27. The zero-order valence-corrected chi connectivity index (χ0v) is 38.3. The Balaban J connectivity index is 4.07. The van der Waals surface area contributed by atoms with Gasteiger partial charge in [-0.3, -0.25) is 13.8 Å². The number of allylic oxidation sites excluding steroid dienone is 5. The van der Waals surface area contributed by atoms with E-state index in [1.807, 2.05) is 27.2 Å². The molecule has 330 valence electrons. The molecule has 9 heteroatoms. The van der Waals surface area contributed by atoms with E-state index in [-0.39, 0.29) is 19.1 Å². The number of nitrogens with zero attached hydrogens (tertiary/aromatic N) is 1. The van der Waals surface area contributed by atoms with Crippen LogP contribution in [-0.4, -0.2) is 73.4 Å². The highest BCUT2D eigenvalue weighted by Crippen LogP contribution is 2.43.